The smallest absolute Gasteiger partial charge is 0.0655 e. The van der Waals surface area contributed by atoms with Crippen LogP contribution in [0, 0.1) is 5.92 Å². The molecular formula is C11H11Cl2N. The molecule has 1 aliphatic heterocycles. The third-order valence-corrected chi connectivity index (χ3v) is 4.14. The minimum absolute atomic E-state index is 0.337. The van der Waals surface area contributed by atoms with Gasteiger partial charge < -0.3 is 5.32 Å². The molecule has 0 saturated heterocycles. The summed E-state index contributed by atoms with van der Waals surface area (Å²) >= 11 is 12.1. The number of hydrogen-bond donors (Lipinski definition) is 1. The Balaban J connectivity index is 2.20. The highest BCUT2D eigenvalue weighted by Gasteiger charge is 2.56. The van der Waals surface area contributed by atoms with Gasteiger partial charge >= 0.3 is 0 Å². The summed E-state index contributed by atoms with van der Waals surface area (Å²) in [6, 6.07) is 3.87. The molecule has 0 amide bonds. The SMILES string of the molecule is CC1CC12CNc1c(Cl)cc(Cl)cc12. The van der Waals surface area contributed by atoms with Crippen molar-refractivity contribution >= 4 is 28.9 Å². The summed E-state index contributed by atoms with van der Waals surface area (Å²) in [6.45, 7) is 3.30. The van der Waals surface area contributed by atoms with Crippen molar-refractivity contribution in [2.75, 3.05) is 11.9 Å². The Morgan fingerprint density at radius 3 is 2.79 bits per heavy atom. The van der Waals surface area contributed by atoms with E-state index >= 15 is 0 Å². The zero-order valence-corrected chi connectivity index (χ0v) is 9.41. The summed E-state index contributed by atoms with van der Waals surface area (Å²) in [6.07, 6.45) is 1.25. The second-order valence-corrected chi connectivity index (χ2v) is 5.27. The fourth-order valence-corrected chi connectivity index (χ4v) is 3.16. The Hall–Kier alpha value is -0.400. The standard InChI is InChI=1S/C11H11Cl2N/c1-6-4-11(6)5-14-10-8(11)2-7(12)3-9(10)13/h2-3,6,14H,4-5H2,1H3. The molecule has 14 heavy (non-hydrogen) atoms. The molecule has 1 heterocycles. The number of rotatable bonds is 0. The van der Waals surface area contributed by atoms with E-state index in [-0.39, 0.29) is 0 Å². The topological polar surface area (TPSA) is 12.0 Å². The highest BCUT2D eigenvalue weighted by molar-refractivity contribution is 6.36. The summed E-state index contributed by atoms with van der Waals surface area (Å²) in [5.74, 6) is 0.755. The number of nitrogens with one attached hydrogen (secondary N) is 1. The zero-order valence-electron chi connectivity index (χ0n) is 7.90. The first-order valence-electron chi connectivity index (χ1n) is 4.87. The lowest BCUT2D eigenvalue weighted by molar-refractivity contribution is 0.696. The first kappa shape index (κ1) is 8.87. The van der Waals surface area contributed by atoms with Crippen LogP contribution in [-0.4, -0.2) is 6.54 Å². The van der Waals surface area contributed by atoms with E-state index in [1.165, 1.54) is 12.0 Å². The van der Waals surface area contributed by atoms with Gasteiger partial charge in [0.1, 0.15) is 0 Å². The van der Waals surface area contributed by atoms with Gasteiger partial charge in [-0.25, -0.2) is 0 Å². The van der Waals surface area contributed by atoms with E-state index < -0.39 is 0 Å². The molecule has 0 bridgehead atoms. The largest absolute Gasteiger partial charge is 0.383 e. The van der Waals surface area contributed by atoms with Gasteiger partial charge in [-0.2, -0.15) is 0 Å². The summed E-state index contributed by atoms with van der Waals surface area (Å²) in [7, 11) is 0. The van der Waals surface area contributed by atoms with Gasteiger partial charge in [0, 0.05) is 17.0 Å². The van der Waals surface area contributed by atoms with Gasteiger partial charge in [-0.1, -0.05) is 30.1 Å². The molecule has 1 aliphatic carbocycles. The van der Waals surface area contributed by atoms with Crippen LogP contribution in [0.5, 0.6) is 0 Å². The molecule has 2 aliphatic rings. The van der Waals surface area contributed by atoms with Crippen LogP contribution in [0.2, 0.25) is 10.0 Å². The van der Waals surface area contributed by atoms with Gasteiger partial charge in [0.05, 0.1) is 10.7 Å². The minimum atomic E-state index is 0.337. The maximum absolute atomic E-state index is 6.13. The lowest BCUT2D eigenvalue weighted by atomic mass is 9.96. The first-order valence-corrected chi connectivity index (χ1v) is 5.62. The van der Waals surface area contributed by atoms with E-state index in [1.807, 2.05) is 0 Å². The van der Waals surface area contributed by atoms with Gasteiger partial charge in [0.25, 0.3) is 0 Å². The van der Waals surface area contributed by atoms with Crippen molar-refractivity contribution in [1.29, 1.82) is 0 Å². The fourth-order valence-electron chi connectivity index (χ4n) is 2.60. The Labute approximate surface area is 93.4 Å². The van der Waals surface area contributed by atoms with Crippen molar-refractivity contribution in [2.24, 2.45) is 5.92 Å². The predicted molar refractivity (Wildman–Crippen MR) is 60.4 cm³/mol. The third-order valence-electron chi connectivity index (χ3n) is 3.63. The molecule has 0 radical (unpaired) electrons. The molecule has 2 unspecified atom stereocenters. The van der Waals surface area contributed by atoms with Gasteiger partial charge in [0.15, 0.2) is 0 Å². The fraction of sp³-hybridized carbons (Fsp3) is 0.455. The summed E-state index contributed by atoms with van der Waals surface area (Å²) in [5, 5.41) is 4.89. The predicted octanol–water partition coefficient (Wildman–Crippen LogP) is 3.70. The van der Waals surface area contributed by atoms with Crippen LogP contribution in [0.3, 0.4) is 0 Å². The van der Waals surface area contributed by atoms with E-state index in [2.05, 4.69) is 18.3 Å². The normalized spacial score (nSPS) is 32.9. The zero-order chi connectivity index (χ0) is 9.92. The van der Waals surface area contributed by atoms with Crippen LogP contribution >= 0.6 is 23.2 Å². The second-order valence-electron chi connectivity index (χ2n) is 4.43. The molecule has 1 saturated carbocycles. The number of anilines is 1. The molecule has 74 valence electrons. The highest BCUT2D eigenvalue weighted by atomic mass is 35.5. The molecule has 3 heteroatoms. The average molecular weight is 228 g/mol. The van der Waals surface area contributed by atoms with Crippen molar-refractivity contribution in [1.82, 2.24) is 0 Å². The van der Waals surface area contributed by atoms with Crippen molar-refractivity contribution < 1.29 is 0 Å². The van der Waals surface area contributed by atoms with Crippen molar-refractivity contribution in [3.05, 3.63) is 27.7 Å². The summed E-state index contributed by atoms with van der Waals surface area (Å²) < 4.78 is 0. The molecule has 1 aromatic carbocycles. The molecule has 2 atom stereocenters. The van der Waals surface area contributed by atoms with Crippen molar-refractivity contribution in [2.45, 2.75) is 18.8 Å². The molecular weight excluding hydrogens is 217 g/mol. The number of hydrogen-bond acceptors (Lipinski definition) is 1. The monoisotopic (exact) mass is 227 g/mol. The van der Waals surface area contributed by atoms with Crippen LogP contribution in [-0.2, 0) is 5.41 Å². The molecule has 1 fully saturated rings. The Morgan fingerprint density at radius 2 is 2.14 bits per heavy atom. The van der Waals surface area contributed by atoms with Gasteiger partial charge in [0.2, 0.25) is 0 Å². The lowest BCUT2D eigenvalue weighted by Crippen LogP contribution is -2.11. The minimum Gasteiger partial charge on any atom is -0.383 e. The van der Waals surface area contributed by atoms with Gasteiger partial charge in [-0.3, -0.25) is 0 Å². The molecule has 0 aromatic heterocycles. The van der Waals surface area contributed by atoms with Gasteiger partial charge in [-0.15, -0.1) is 0 Å². The van der Waals surface area contributed by atoms with E-state index in [4.69, 9.17) is 23.2 Å². The molecule has 1 nitrogen and oxygen atoms in total. The van der Waals surface area contributed by atoms with E-state index in [1.54, 1.807) is 6.07 Å². The van der Waals surface area contributed by atoms with Crippen LogP contribution in [0.15, 0.2) is 12.1 Å². The van der Waals surface area contributed by atoms with Crippen LogP contribution in [0.25, 0.3) is 0 Å². The van der Waals surface area contributed by atoms with E-state index in [9.17, 15) is 0 Å². The highest BCUT2D eigenvalue weighted by Crippen LogP contribution is 2.60. The van der Waals surface area contributed by atoms with Crippen molar-refractivity contribution in [3.8, 4) is 0 Å². The molecule has 3 rings (SSSR count). The average Bonchev–Trinajstić information content (AvgIpc) is 2.59. The Morgan fingerprint density at radius 1 is 1.43 bits per heavy atom. The van der Waals surface area contributed by atoms with Crippen LogP contribution in [0.1, 0.15) is 18.9 Å². The summed E-state index contributed by atoms with van der Waals surface area (Å²) in [5.41, 5.74) is 2.76. The maximum atomic E-state index is 6.13. The quantitative estimate of drug-likeness (QED) is 0.713. The number of halogens is 2. The number of fused-ring (bicyclic) bond motifs is 2. The Kier molecular flexibility index (Phi) is 1.64. The lowest BCUT2D eigenvalue weighted by Gasteiger charge is -2.08. The van der Waals surface area contributed by atoms with Crippen LogP contribution < -0.4 is 5.32 Å². The van der Waals surface area contributed by atoms with Crippen LogP contribution in [0.4, 0.5) is 5.69 Å². The first-order chi connectivity index (χ1) is 6.63. The van der Waals surface area contributed by atoms with E-state index in [0.717, 1.165) is 28.2 Å². The molecule has 1 aromatic rings. The number of benzene rings is 1. The maximum Gasteiger partial charge on any atom is 0.0655 e. The third kappa shape index (κ3) is 0.973. The molecule has 1 N–H and O–H groups in total. The Bertz CT molecular complexity index is 416. The van der Waals surface area contributed by atoms with Crippen molar-refractivity contribution in [3.63, 3.8) is 0 Å². The van der Waals surface area contributed by atoms with Gasteiger partial charge in [-0.05, 0) is 30.0 Å². The summed E-state index contributed by atoms with van der Waals surface area (Å²) in [4.78, 5) is 0. The van der Waals surface area contributed by atoms with E-state index in [0.29, 0.717) is 5.41 Å². The second kappa shape index (κ2) is 2.59. The molecule has 1 spiro atoms.